The van der Waals surface area contributed by atoms with Crippen LogP contribution in [-0.4, -0.2) is 29.7 Å². The topological polar surface area (TPSA) is 53.4 Å². The summed E-state index contributed by atoms with van der Waals surface area (Å²) in [6.07, 6.45) is 3.31. The Kier molecular flexibility index (Phi) is 2.52. The fourth-order valence-corrected chi connectivity index (χ4v) is 1.74. The van der Waals surface area contributed by atoms with E-state index in [1.54, 1.807) is 30.1 Å². The number of aromatic nitrogens is 2. The zero-order chi connectivity index (χ0) is 11.7. The molecular formula is C11H12N2O3. The predicted octanol–water partition coefficient (Wildman–Crippen LogP) is 1.37. The van der Waals surface area contributed by atoms with Crippen LogP contribution in [0.15, 0.2) is 18.5 Å². The van der Waals surface area contributed by atoms with Gasteiger partial charge in [0.15, 0.2) is 0 Å². The smallest absolute Gasteiger partial charge is 0.340 e. The van der Waals surface area contributed by atoms with Gasteiger partial charge in [0.2, 0.25) is 5.88 Å². The molecule has 0 aliphatic carbocycles. The third-order valence-electron chi connectivity index (χ3n) is 2.45. The maximum absolute atomic E-state index is 11.5. The lowest BCUT2D eigenvalue weighted by atomic mass is 10.2. The fourth-order valence-electron chi connectivity index (χ4n) is 1.74. The van der Waals surface area contributed by atoms with Crippen LogP contribution in [0, 0.1) is 0 Å². The van der Waals surface area contributed by atoms with Crippen molar-refractivity contribution in [1.29, 1.82) is 0 Å². The van der Waals surface area contributed by atoms with Crippen molar-refractivity contribution in [3.8, 4) is 5.88 Å². The van der Waals surface area contributed by atoms with Gasteiger partial charge in [-0.05, 0) is 6.07 Å². The highest BCUT2D eigenvalue weighted by Gasteiger charge is 2.17. The van der Waals surface area contributed by atoms with Crippen LogP contribution in [0.4, 0.5) is 0 Å². The largest absolute Gasteiger partial charge is 0.479 e. The zero-order valence-electron chi connectivity index (χ0n) is 9.35. The van der Waals surface area contributed by atoms with Gasteiger partial charge >= 0.3 is 5.97 Å². The molecule has 0 aliphatic heterocycles. The summed E-state index contributed by atoms with van der Waals surface area (Å²) in [7, 11) is 4.74. The first kappa shape index (κ1) is 10.5. The van der Waals surface area contributed by atoms with Gasteiger partial charge < -0.3 is 14.0 Å². The first-order valence-electron chi connectivity index (χ1n) is 4.75. The van der Waals surface area contributed by atoms with Crippen LogP contribution in [0.2, 0.25) is 0 Å². The van der Waals surface area contributed by atoms with Crippen LogP contribution >= 0.6 is 0 Å². The van der Waals surface area contributed by atoms with E-state index in [1.807, 2.05) is 7.05 Å². The summed E-state index contributed by atoms with van der Waals surface area (Å²) < 4.78 is 11.7. The molecule has 5 nitrogen and oxygen atoms in total. The van der Waals surface area contributed by atoms with Gasteiger partial charge in [-0.2, -0.15) is 0 Å². The summed E-state index contributed by atoms with van der Waals surface area (Å²) in [5.41, 5.74) is 1.30. The number of nitrogens with zero attached hydrogens (tertiary/aromatic N) is 2. The van der Waals surface area contributed by atoms with Gasteiger partial charge in [0, 0.05) is 24.8 Å². The molecule has 5 heteroatoms. The number of rotatable bonds is 2. The molecule has 0 amide bonds. The number of methoxy groups -OCH3 is 2. The highest BCUT2D eigenvalue weighted by atomic mass is 16.5. The van der Waals surface area contributed by atoms with Crippen LogP contribution in [0.1, 0.15) is 10.4 Å². The van der Waals surface area contributed by atoms with Crippen molar-refractivity contribution in [2.45, 2.75) is 0 Å². The van der Waals surface area contributed by atoms with Crippen molar-refractivity contribution in [3.05, 3.63) is 24.0 Å². The number of fused-ring (bicyclic) bond motifs is 1. The van der Waals surface area contributed by atoms with E-state index >= 15 is 0 Å². The van der Waals surface area contributed by atoms with Gasteiger partial charge in [0.1, 0.15) is 5.52 Å². The standard InChI is InChI=1S/C11H12N2O3/c1-13-6-8(11(14)16-3)7-4-5-12-10(15-2)9(7)13/h4-6H,1-3H3. The van der Waals surface area contributed by atoms with E-state index in [4.69, 9.17) is 9.47 Å². The molecule has 2 aromatic rings. The van der Waals surface area contributed by atoms with Crippen molar-refractivity contribution in [1.82, 2.24) is 9.55 Å². The first-order valence-corrected chi connectivity index (χ1v) is 4.75. The lowest BCUT2D eigenvalue weighted by molar-refractivity contribution is 0.0603. The Labute approximate surface area is 92.6 Å². The van der Waals surface area contributed by atoms with Crippen molar-refractivity contribution in [2.24, 2.45) is 7.05 Å². The quantitative estimate of drug-likeness (QED) is 0.717. The molecular weight excluding hydrogens is 208 g/mol. The minimum atomic E-state index is -0.362. The van der Waals surface area contributed by atoms with Gasteiger partial charge in [-0.1, -0.05) is 0 Å². The second kappa shape index (κ2) is 3.84. The minimum Gasteiger partial charge on any atom is -0.479 e. The van der Waals surface area contributed by atoms with Crippen LogP contribution in [0.5, 0.6) is 5.88 Å². The van der Waals surface area contributed by atoms with Crippen molar-refractivity contribution in [2.75, 3.05) is 14.2 Å². The SMILES string of the molecule is COC(=O)c1cn(C)c2c(OC)nccc12. The molecule has 2 heterocycles. The molecule has 16 heavy (non-hydrogen) atoms. The van der Waals surface area contributed by atoms with Crippen LogP contribution < -0.4 is 4.74 Å². The molecule has 84 valence electrons. The number of ether oxygens (including phenoxy) is 2. The summed E-state index contributed by atoms with van der Waals surface area (Å²) in [6.45, 7) is 0. The number of aryl methyl sites for hydroxylation is 1. The zero-order valence-corrected chi connectivity index (χ0v) is 9.35. The number of pyridine rings is 1. The summed E-state index contributed by atoms with van der Waals surface area (Å²) in [5.74, 6) is 0.133. The molecule has 0 unspecified atom stereocenters. The maximum atomic E-state index is 11.5. The molecule has 0 saturated carbocycles. The van der Waals surface area contributed by atoms with Crippen LogP contribution in [-0.2, 0) is 11.8 Å². The molecule has 0 aromatic carbocycles. The Morgan fingerprint density at radius 2 is 2.19 bits per heavy atom. The summed E-state index contributed by atoms with van der Waals surface area (Å²) >= 11 is 0. The molecule has 2 aromatic heterocycles. The minimum absolute atomic E-state index is 0.362. The summed E-state index contributed by atoms with van der Waals surface area (Å²) in [6, 6.07) is 1.77. The second-order valence-corrected chi connectivity index (χ2v) is 3.36. The first-order chi connectivity index (χ1) is 7.69. The van der Waals surface area contributed by atoms with Gasteiger partial charge in [0.05, 0.1) is 19.8 Å². The van der Waals surface area contributed by atoms with E-state index in [9.17, 15) is 4.79 Å². The van der Waals surface area contributed by atoms with Gasteiger partial charge in [-0.15, -0.1) is 0 Å². The molecule has 2 rings (SSSR count). The maximum Gasteiger partial charge on any atom is 0.340 e. The van der Waals surface area contributed by atoms with Crippen molar-refractivity contribution >= 4 is 16.9 Å². The Hall–Kier alpha value is -2.04. The normalized spacial score (nSPS) is 10.4. The van der Waals surface area contributed by atoms with Crippen LogP contribution in [0.3, 0.4) is 0 Å². The number of hydrogen-bond acceptors (Lipinski definition) is 4. The molecule has 0 radical (unpaired) electrons. The average Bonchev–Trinajstić information content (AvgIpc) is 2.66. The number of carbonyl (C=O) groups is 1. The third-order valence-corrected chi connectivity index (χ3v) is 2.45. The average molecular weight is 220 g/mol. The van der Waals surface area contributed by atoms with E-state index in [1.165, 1.54) is 7.11 Å². The number of esters is 1. The second-order valence-electron chi connectivity index (χ2n) is 3.36. The number of carbonyl (C=O) groups excluding carboxylic acids is 1. The molecule has 0 aliphatic rings. The lowest BCUT2D eigenvalue weighted by Gasteiger charge is -2.02. The molecule has 0 N–H and O–H groups in total. The summed E-state index contributed by atoms with van der Waals surface area (Å²) in [4.78, 5) is 15.6. The fraction of sp³-hybridized carbons (Fsp3) is 0.273. The highest BCUT2D eigenvalue weighted by molar-refractivity contribution is 6.05. The van der Waals surface area contributed by atoms with E-state index in [0.29, 0.717) is 11.4 Å². The monoisotopic (exact) mass is 220 g/mol. The van der Waals surface area contributed by atoms with E-state index in [2.05, 4.69) is 4.98 Å². The Morgan fingerprint density at radius 3 is 2.81 bits per heavy atom. The Bertz CT molecular complexity index is 545. The molecule has 0 fully saturated rings. The Morgan fingerprint density at radius 1 is 1.44 bits per heavy atom. The summed E-state index contributed by atoms with van der Waals surface area (Å²) in [5, 5.41) is 0.779. The van der Waals surface area contributed by atoms with E-state index in [-0.39, 0.29) is 5.97 Å². The van der Waals surface area contributed by atoms with Crippen molar-refractivity contribution in [3.63, 3.8) is 0 Å². The van der Waals surface area contributed by atoms with E-state index in [0.717, 1.165) is 10.9 Å². The van der Waals surface area contributed by atoms with Gasteiger partial charge in [-0.3, -0.25) is 0 Å². The van der Waals surface area contributed by atoms with Gasteiger partial charge in [0.25, 0.3) is 0 Å². The van der Waals surface area contributed by atoms with E-state index < -0.39 is 0 Å². The van der Waals surface area contributed by atoms with Gasteiger partial charge in [-0.25, -0.2) is 9.78 Å². The van der Waals surface area contributed by atoms with Crippen LogP contribution in [0.25, 0.3) is 10.9 Å². The molecule has 0 bridgehead atoms. The van der Waals surface area contributed by atoms with Crippen molar-refractivity contribution < 1.29 is 14.3 Å². The number of hydrogen-bond donors (Lipinski definition) is 0. The molecule has 0 spiro atoms. The Balaban J connectivity index is 2.76. The lowest BCUT2D eigenvalue weighted by Crippen LogP contribution is -1.99. The predicted molar refractivity (Wildman–Crippen MR) is 58.6 cm³/mol. The molecule has 0 saturated heterocycles. The highest BCUT2D eigenvalue weighted by Crippen LogP contribution is 2.27. The molecule has 0 atom stereocenters. The third kappa shape index (κ3) is 1.41.